The molecule has 2 rings (SSSR count). The molecule has 2 aromatic heterocycles. The Hall–Kier alpha value is -2.45. The third kappa shape index (κ3) is 5.82. The van der Waals surface area contributed by atoms with Gasteiger partial charge in [-0.15, -0.1) is 0 Å². The number of carboxylic acid groups (broad SMARTS) is 1. The van der Waals surface area contributed by atoms with E-state index in [9.17, 15) is 4.79 Å². The first-order valence-corrected chi connectivity index (χ1v) is 8.44. The molecule has 140 valence electrons. The molecule has 0 aliphatic carbocycles. The van der Waals surface area contributed by atoms with Gasteiger partial charge in [0.15, 0.2) is 0 Å². The fourth-order valence-corrected chi connectivity index (χ4v) is 2.81. The number of amides is 1. The first-order chi connectivity index (χ1) is 12.2. The average Bonchev–Trinajstić information content (AvgIpc) is 2.52. The zero-order valence-corrected chi connectivity index (χ0v) is 15.6. The first kappa shape index (κ1) is 19.9. The molecule has 0 aromatic carbocycles. The lowest BCUT2D eigenvalue weighted by Gasteiger charge is -2.26. The Kier molecular flexibility index (Phi) is 6.33. The zero-order valence-electron chi connectivity index (χ0n) is 14.9. The van der Waals surface area contributed by atoms with Crippen LogP contribution in [0.15, 0.2) is 24.7 Å². The van der Waals surface area contributed by atoms with Crippen LogP contribution in [0.5, 0.6) is 5.88 Å². The monoisotopic (exact) mass is 379 g/mol. The van der Waals surface area contributed by atoms with Crippen LogP contribution < -0.4 is 15.8 Å². The highest BCUT2D eigenvalue weighted by Crippen LogP contribution is 2.28. The molecule has 2 aromatic rings. The van der Waals surface area contributed by atoms with E-state index in [-0.39, 0.29) is 18.3 Å². The van der Waals surface area contributed by atoms with Crippen LogP contribution in [-0.2, 0) is 0 Å². The van der Waals surface area contributed by atoms with Crippen LogP contribution in [-0.4, -0.2) is 38.3 Å². The summed E-state index contributed by atoms with van der Waals surface area (Å²) in [6, 6.07) is 3.13. The fraction of sp³-hybridized carbons (Fsp3) is 0.412. The van der Waals surface area contributed by atoms with E-state index < -0.39 is 11.6 Å². The topological polar surface area (TPSA) is 123 Å². The van der Waals surface area contributed by atoms with Crippen molar-refractivity contribution in [3.8, 4) is 17.1 Å². The summed E-state index contributed by atoms with van der Waals surface area (Å²) < 4.78 is 5.68. The Balaban J connectivity index is 2.13. The Morgan fingerprint density at radius 3 is 2.73 bits per heavy atom. The summed E-state index contributed by atoms with van der Waals surface area (Å²) in [6.07, 6.45) is 2.40. The minimum absolute atomic E-state index is 0.159. The van der Waals surface area contributed by atoms with E-state index in [1.165, 1.54) is 12.4 Å². The van der Waals surface area contributed by atoms with Crippen LogP contribution in [0.3, 0.4) is 0 Å². The van der Waals surface area contributed by atoms with Crippen LogP contribution >= 0.6 is 11.6 Å². The van der Waals surface area contributed by atoms with Gasteiger partial charge in [0.1, 0.15) is 23.8 Å². The normalized spacial score (nSPS) is 13.3. The van der Waals surface area contributed by atoms with Crippen LogP contribution in [0.1, 0.15) is 27.2 Å². The van der Waals surface area contributed by atoms with E-state index in [4.69, 9.17) is 27.2 Å². The predicted molar refractivity (Wildman–Crippen MR) is 99.5 cm³/mol. The molecular formula is C17H22ClN5O3. The maximum absolute atomic E-state index is 10.7. The number of rotatable bonds is 7. The number of pyridine rings is 1. The Bertz CT molecular complexity index is 783. The molecule has 1 amide bonds. The smallest absolute Gasteiger partial charge is 0.410 e. The summed E-state index contributed by atoms with van der Waals surface area (Å²) >= 11 is 6.26. The molecule has 8 nitrogen and oxygen atoms in total. The number of nitrogens with zero attached hydrogens (tertiary/aromatic N) is 3. The van der Waals surface area contributed by atoms with E-state index >= 15 is 0 Å². The van der Waals surface area contributed by atoms with Gasteiger partial charge in [-0.1, -0.05) is 25.4 Å². The molecule has 26 heavy (non-hydrogen) atoms. The van der Waals surface area contributed by atoms with Gasteiger partial charge in [-0.25, -0.2) is 19.7 Å². The van der Waals surface area contributed by atoms with Crippen molar-refractivity contribution < 1.29 is 14.6 Å². The Morgan fingerprint density at radius 1 is 1.38 bits per heavy atom. The molecule has 0 saturated carbocycles. The number of carbonyl (C=O) groups is 1. The van der Waals surface area contributed by atoms with Crippen molar-refractivity contribution in [2.45, 2.75) is 32.7 Å². The molecule has 0 spiro atoms. The number of nitrogens with one attached hydrogen (secondary N) is 1. The molecule has 1 atom stereocenters. The molecule has 1 unspecified atom stereocenters. The summed E-state index contributed by atoms with van der Waals surface area (Å²) in [4.78, 5) is 22.9. The third-order valence-corrected chi connectivity index (χ3v) is 3.69. The number of nitrogens with two attached hydrogens (primary N) is 1. The van der Waals surface area contributed by atoms with E-state index in [1.807, 2.05) is 6.92 Å². The molecule has 4 N–H and O–H groups in total. The van der Waals surface area contributed by atoms with Crippen molar-refractivity contribution in [1.29, 1.82) is 0 Å². The number of hydrogen-bond acceptors (Lipinski definition) is 6. The molecule has 0 saturated heterocycles. The van der Waals surface area contributed by atoms with Gasteiger partial charge in [-0.3, -0.25) is 5.32 Å². The van der Waals surface area contributed by atoms with E-state index in [1.54, 1.807) is 12.3 Å². The Morgan fingerprint density at radius 2 is 2.12 bits per heavy atom. The molecule has 0 bridgehead atoms. The quantitative estimate of drug-likeness (QED) is 0.673. The fourth-order valence-electron chi connectivity index (χ4n) is 2.59. The van der Waals surface area contributed by atoms with Gasteiger partial charge in [0, 0.05) is 23.4 Å². The zero-order chi connectivity index (χ0) is 19.3. The summed E-state index contributed by atoms with van der Waals surface area (Å²) in [7, 11) is 0. The van der Waals surface area contributed by atoms with Crippen molar-refractivity contribution in [1.82, 2.24) is 15.0 Å². The van der Waals surface area contributed by atoms with Gasteiger partial charge < -0.3 is 15.6 Å². The molecule has 0 aliphatic heterocycles. The van der Waals surface area contributed by atoms with Gasteiger partial charge in [-0.2, -0.15) is 0 Å². The SMILES string of the molecule is CC(C)CC(C)(N)COc1ncc(-c2cc(NC(=O)O)ncn2)cc1Cl. The summed E-state index contributed by atoms with van der Waals surface area (Å²) in [5.74, 6) is 0.895. The molecule has 2 heterocycles. The van der Waals surface area contributed by atoms with Gasteiger partial charge in [-0.05, 0) is 25.3 Å². The van der Waals surface area contributed by atoms with Crippen LogP contribution in [0.4, 0.5) is 10.6 Å². The van der Waals surface area contributed by atoms with E-state index in [2.05, 4.69) is 34.1 Å². The van der Waals surface area contributed by atoms with E-state index in [0.717, 1.165) is 6.42 Å². The van der Waals surface area contributed by atoms with Crippen molar-refractivity contribution in [2.24, 2.45) is 11.7 Å². The van der Waals surface area contributed by atoms with E-state index in [0.29, 0.717) is 22.2 Å². The molecular weight excluding hydrogens is 358 g/mol. The molecule has 0 fully saturated rings. The highest BCUT2D eigenvalue weighted by Gasteiger charge is 2.22. The van der Waals surface area contributed by atoms with Crippen molar-refractivity contribution in [3.63, 3.8) is 0 Å². The molecule has 0 radical (unpaired) electrons. The lowest BCUT2D eigenvalue weighted by atomic mass is 9.93. The second kappa shape index (κ2) is 8.29. The number of halogens is 1. The van der Waals surface area contributed by atoms with Gasteiger partial charge in [0.05, 0.1) is 5.69 Å². The average molecular weight is 380 g/mol. The predicted octanol–water partition coefficient (Wildman–Crippen LogP) is 3.42. The van der Waals surface area contributed by atoms with Crippen molar-refractivity contribution in [2.75, 3.05) is 11.9 Å². The number of anilines is 1. The summed E-state index contributed by atoms with van der Waals surface area (Å²) in [5.41, 5.74) is 6.83. The van der Waals surface area contributed by atoms with Gasteiger partial charge >= 0.3 is 6.09 Å². The second-order valence-electron chi connectivity index (χ2n) is 6.77. The van der Waals surface area contributed by atoms with Gasteiger partial charge in [0.2, 0.25) is 5.88 Å². The third-order valence-electron chi connectivity index (χ3n) is 3.42. The second-order valence-corrected chi connectivity index (χ2v) is 7.18. The van der Waals surface area contributed by atoms with Gasteiger partial charge in [0.25, 0.3) is 0 Å². The minimum Gasteiger partial charge on any atom is -0.475 e. The largest absolute Gasteiger partial charge is 0.475 e. The summed E-state index contributed by atoms with van der Waals surface area (Å²) in [5, 5.41) is 11.2. The maximum atomic E-state index is 10.7. The molecule has 9 heteroatoms. The van der Waals surface area contributed by atoms with Crippen LogP contribution in [0, 0.1) is 5.92 Å². The first-order valence-electron chi connectivity index (χ1n) is 8.06. The molecule has 0 aliphatic rings. The summed E-state index contributed by atoms with van der Waals surface area (Å²) in [6.45, 7) is 6.41. The van der Waals surface area contributed by atoms with Crippen LogP contribution in [0.25, 0.3) is 11.3 Å². The lowest BCUT2D eigenvalue weighted by molar-refractivity contribution is 0.201. The number of hydrogen-bond donors (Lipinski definition) is 3. The highest BCUT2D eigenvalue weighted by atomic mass is 35.5. The maximum Gasteiger partial charge on any atom is 0.410 e. The van der Waals surface area contributed by atoms with Crippen LogP contribution in [0.2, 0.25) is 5.02 Å². The number of aromatic nitrogens is 3. The lowest BCUT2D eigenvalue weighted by Crippen LogP contribution is -2.43. The van der Waals surface area contributed by atoms with Crippen molar-refractivity contribution in [3.05, 3.63) is 29.7 Å². The van der Waals surface area contributed by atoms with Crippen molar-refractivity contribution >= 4 is 23.5 Å². The number of ether oxygens (including phenoxy) is 1. The highest BCUT2D eigenvalue weighted by molar-refractivity contribution is 6.32. The minimum atomic E-state index is -1.21. The Labute approximate surface area is 156 Å². The standard InChI is InChI=1S/C17H22ClN5O3/c1-10(2)6-17(3,19)8-26-15-12(18)4-11(7-20-15)13-5-14(22-9-21-13)23-16(24)25/h4-5,7,9-10H,6,8,19H2,1-3H3,(H,24,25)(H,21,22,23).